The zero-order valence-electron chi connectivity index (χ0n) is 19.1. The standard InChI is InChI=1S/C22H29N7O3S/c1-14-6-4-11-28(13-8-14)19-24-10-7-16(26-19)17-15(2)25-20(33-17)27-21(31)29-12-5-9-22(29,32)18(30)23-3/h6-7,10,32H,4-5,8-9,11-13H2,1-3H3,(H,23,30)(H,25,27,31)/t22-/m1/s1. The van der Waals surface area contributed by atoms with E-state index >= 15 is 0 Å². The maximum atomic E-state index is 12.8. The minimum absolute atomic E-state index is 0.192. The lowest BCUT2D eigenvalue weighted by atomic mass is 10.1. The van der Waals surface area contributed by atoms with Crippen LogP contribution in [0, 0.1) is 6.92 Å². The molecular formula is C22H29N7O3S. The molecule has 2 aliphatic heterocycles. The van der Waals surface area contributed by atoms with E-state index in [1.165, 1.54) is 24.0 Å². The molecule has 2 aromatic rings. The Hall–Kier alpha value is -3.05. The van der Waals surface area contributed by atoms with Crippen LogP contribution in [0.25, 0.3) is 10.6 Å². The van der Waals surface area contributed by atoms with Gasteiger partial charge in [-0.15, -0.1) is 0 Å². The number of rotatable bonds is 4. The fraction of sp³-hybridized carbons (Fsp3) is 0.500. The van der Waals surface area contributed by atoms with Crippen molar-refractivity contribution in [1.29, 1.82) is 0 Å². The van der Waals surface area contributed by atoms with Gasteiger partial charge in [-0.05, 0) is 39.2 Å². The highest BCUT2D eigenvalue weighted by Crippen LogP contribution is 2.34. The van der Waals surface area contributed by atoms with Crippen LogP contribution in [0.3, 0.4) is 0 Å². The fourth-order valence-electron chi connectivity index (χ4n) is 4.18. The van der Waals surface area contributed by atoms with Gasteiger partial charge in [-0.3, -0.25) is 15.0 Å². The van der Waals surface area contributed by atoms with Gasteiger partial charge in [0.05, 0.1) is 16.3 Å². The molecule has 0 bridgehead atoms. The summed E-state index contributed by atoms with van der Waals surface area (Å²) in [7, 11) is 1.43. The van der Waals surface area contributed by atoms with Gasteiger partial charge >= 0.3 is 6.03 Å². The summed E-state index contributed by atoms with van der Waals surface area (Å²) in [6.07, 6.45) is 6.69. The fourth-order valence-corrected chi connectivity index (χ4v) is 5.10. The molecule has 11 heteroatoms. The maximum absolute atomic E-state index is 12.8. The van der Waals surface area contributed by atoms with Crippen LogP contribution >= 0.6 is 11.3 Å². The van der Waals surface area contributed by atoms with E-state index in [9.17, 15) is 14.7 Å². The molecule has 0 aromatic carbocycles. The smallest absolute Gasteiger partial charge is 0.326 e. The number of hydrogen-bond donors (Lipinski definition) is 3. The largest absolute Gasteiger partial charge is 0.363 e. The van der Waals surface area contributed by atoms with Crippen LogP contribution in [0.15, 0.2) is 23.9 Å². The Morgan fingerprint density at radius 3 is 2.82 bits per heavy atom. The first-order chi connectivity index (χ1) is 15.8. The van der Waals surface area contributed by atoms with Crippen molar-refractivity contribution in [1.82, 2.24) is 25.2 Å². The summed E-state index contributed by atoms with van der Waals surface area (Å²) in [5.41, 5.74) is 1.01. The van der Waals surface area contributed by atoms with Crippen molar-refractivity contribution in [3.05, 3.63) is 29.6 Å². The summed E-state index contributed by atoms with van der Waals surface area (Å²) in [5, 5.41) is 16.2. The van der Waals surface area contributed by atoms with Gasteiger partial charge in [0, 0.05) is 39.3 Å². The minimum atomic E-state index is -1.85. The van der Waals surface area contributed by atoms with Crippen molar-refractivity contribution in [2.45, 2.75) is 45.3 Å². The van der Waals surface area contributed by atoms with Crippen molar-refractivity contribution < 1.29 is 14.7 Å². The van der Waals surface area contributed by atoms with E-state index in [2.05, 4.69) is 38.5 Å². The van der Waals surface area contributed by atoms with Crippen LogP contribution in [0.5, 0.6) is 0 Å². The molecule has 0 saturated carbocycles. The molecule has 1 fully saturated rings. The number of hydrogen-bond acceptors (Lipinski definition) is 8. The number of carbonyl (C=O) groups is 2. The lowest BCUT2D eigenvalue weighted by Gasteiger charge is -2.31. The topological polar surface area (TPSA) is 124 Å². The number of anilines is 2. The number of thiazole rings is 1. The monoisotopic (exact) mass is 471 g/mol. The van der Waals surface area contributed by atoms with Crippen molar-refractivity contribution in [3.63, 3.8) is 0 Å². The molecule has 3 N–H and O–H groups in total. The van der Waals surface area contributed by atoms with Gasteiger partial charge in [-0.25, -0.2) is 19.7 Å². The first kappa shape index (κ1) is 23.1. The van der Waals surface area contributed by atoms with Crippen LogP contribution in [0.2, 0.25) is 0 Å². The molecule has 1 atom stereocenters. The Balaban J connectivity index is 1.51. The SMILES string of the molecule is CNC(=O)[C@]1(O)CCCN1C(=O)Nc1nc(C)c(-c2ccnc(N3CCC=C(C)CC3)n2)s1. The summed E-state index contributed by atoms with van der Waals surface area (Å²) in [6.45, 7) is 6.03. The average molecular weight is 472 g/mol. The van der Waals surface area contributed by atoms with E-state index in [4.69, 9.17) is 4.98 Å². The first-order valence-corrected chi connectivity index (χ1v) is 11.9. The highest BCUT2D eigenvalue weighted by molar-refractivity contribution is 7.19. The van der Waals surface area contributed by atoms with E-state index in [-0.39, 0.29) is 13.0 Å². The Bertz CT molecular complexity index is 1090. The second-order valence-corrected chi connectivity index (χ2v) is 9.33. The Morgan fingerprint density at radius 2 is 2.03 bits per heavy atom. The normalized spacial score (nSPS) is 20.9. The van der Waals surface area contributed by atoms with Gasteiger partial charge in [0.25, 0.3) is 5.91 Å². The highest BCUT2D eigenvalue weighted by Gasteiger charge is 2.48. The number of likely N-dealkylation sites (N-methyl/N-ethyl adjacent to an activating group) is 1. The number of aliphatic hydroxyl groups is 1. The maximum Gasteiger partial charge on any atom is 0.326 e. The van der Waals surface area contributed by atoms with Crippen molar-refractivity contribution in [2.24, 2.45) is 0 Å². The second-order valence-electron chi connectivity index (χ2n) is 8.33. The number of urea groups is 1. The van der Waals surface area contributed by atoms with E-state index in [0.717, 1.165) is 47.1 Å². The molecule has 0 spiro atoms. The van der Waals surface area contributed by atoms with Gasteiger partial charge in [0.2, 0.25) is 11.7 Å². The highest BCUT2D eigenvalue weighted by atomic mass is 32.1. The molecule has 0 radical (unpaired) electrons. The third-order valence-electron chi connectivity index (χ3n) is 6.03. The Kier molecular flexibility index (Phi) is 6.61. The predicted molar refractivity (Wildman–Crippen MR) is 127 cm³/mol. The number of likely N-dealkylation sites (tertiary alicyclic amines) is 1. The van der Waals surface area contributed by atoms with Crippen LogP contribution in [0.4, 0.5) is 15.9 Å². The summed E-state index contributed by atoms with van der Waals surface area (Å²) in [6, 6.07) is 1.27. The molecular weight excluding hydrogens is 442 g/mol. The number of aromatic nitrogens is 3. The Labute approximate surface area is 196 Å². The molecule has 4 rings (SSSR count). The van der Waals surface area contributed by atoms with E-state index < -0.39 is 17.7 Å². The molecule has 2 aliphatic rings. The molecule has 33 heavy (non-hydrogen) atoms. The third-order valence-corrected chi connectivity index (χ3v) is 7.12. The van der Waals surface area contributed by atoms with Crippen LogP contribution in [-0.2, 0) is 4.79 Å². The zero-order chi connectivity index (χ0) is 23.6. The summed E-state index contributed by atoms with van der Waals surface area (Å²) in [5.74, 6) is 0.0836. The van der Waals surface area contributed by atoms with Crippen molar-refractivity contribution in [2.75, 3.05) is 36.9 Å². The van der Waals surface area contributed by atoms with E-state index in [0.29, 0.717) is 17.5 Å². The quantitative estimate of drug-likeness (QED) is 0.586. The summed E-state index contributed by atoms with van der Waals surface area (Å²) < 4.78 is 0. The first-order valence-electron chi connectivity index (χ1n) is 11.1. The zero-order valence-corrected chi connectivity index (χ0v) is 19.9. The van der Waals surface area contributed by atoms with Gasteiger partial charge in [0.1, 0.15) is 0 Å². The summed E-state index contributed by atoms with van der Waals surface area (Å²) >= 11 is 1.30. The number of amides is 3. The van der Waals surface area contributed by atoms with Gasteiger partial charge in [0.15, 0.2) is 5.13 Å². The number of aryl methyl sites for hydroxylation is 1. The number of nitrogens with one attached hydrogen (secondary N) is 2. The van der Waals surface area contributed by atoms with Crippen molar-refractivity contribution in [3.8, 4) is 10.6 Å². The lowest BCUT2D eigenvalue weighted by molar-refractivity contribution is -0.151. The van der Waals surface area contributed by atoms with Crippen LogP contribution in [-0.4, -0.2) is 69.3 Å². The number of nitrogens with zero attached hydrogens (tertiary/aromatic N) is 5. The minimum Gasteiger partial charge on any atom is -0.363 e. The molecule has 1 saturated heterocycles. The van der Waals surface area contributed by atoms with Crippen LogP contribution < -0.4 is 15.5 Å². The predicted octanol–water partition coefficient (Wildman–Crippen LogP) is 2.52. The lowest BCUT2D eigenvalue weighted by Crippen LogP contribution is -2.57. The molecule has 0 unspecified atom stereocenters. The van der Waals surface area contributed by atoms with Crippen molar-refractivity contribution >= 4 is 34.4 Å². The molecule has 10 nitrogen and oxygen atoms in total. The number of carbonyl (C=O) groups excluding carboxylic acids is 2. The average Bonchev–Trinajstić information content (AvgIpc) is 3.30. The molecule has 3 amide bonds. The van der Waals surface area contributed by atoms with Gasteiger partial charge in [-0.2, -0.15) is 0 Å². The van der Waals surface area contributed by atoms with Gasteiger partial charge < -0.3 is 15.3 Å². The van der Waals surface area contributed by atoms with Crippen LogP contribution in [0.1, 0.15) is 38.3 Å². The molecule has 2 aromatic heterocycles. The summed E-state index contributed by atoms with van der Waals surface area (Å²) in [4.78, 5) is 42.8. The van der Waals surface area contributed by atoms with Gasteiger partial charge in [-0.1, -0.05) is 23.0 Å². The Morgan fingerprint density at radius 1 is 1.21 bits per heavy atom. The molecule has 176 valence electrons. The molecule has 0 aliphatic carbocycles. The van der Waals surface area contributed by atoms with E-state index in [1.54, 1.807) is 6.20 Å². The second kappa shape index (κ2) is 9.44. The molecule has 4 heterocycles. The van der Waals surface area contributed by atoms with E-state index in [1.807, 2.05) is 13.0 Å². The third kappa shape index (κ3) is 4.69.